The molecule has 1 aliphatic heterocycles. The molecule has 2 aromatic carbocycles. The third-order valence-electron chi connectivity index (χ3n) is 4.45. The minimum absolute atomic E-state index is 0.150. The molecule has 27 heavy (non-hydrogen) atoms. The Morgan fingerprint density at radius 1 is 1.15 bits per heavy atom. The Kier molecular flexibility index (Phi) is 6.30. The summed E-state index contributed by atoms with van der Waals surface area (Å²) in [5.74, 6) is 1.52. The van der Waals surface area contributed by atoms with Crippen LogP contribution < -0.4 is 14.8 Å². The summed E-state index contributed by atoms with van der Waals surface area (Å²) < 4.78 is 10.7. The molecule has 1 saturated heterocycles. The van der Waals surface area contributed by atoms with Crippen molar-refractivity contribution in [3.05, 3.63) is 59.7 Å². The lowest BCUT2D eigenvalue weighted by molar-refractivity contribution is -0.128. The predicted octanol–water partition coefficient (Wildman–Crippen LogP) is 2.63. The van der Waals surface area contributed by atoms with E-state index in [2.05, 4.69) is 5.32 Å². The zero-order chi connectivity index (χ0) is 19.1. The summed E-state index contributed by atoms with van der Waals surface area (Å²) in [5.41, 5.74) is 1.55. The lowest BCUT2D eigenvalue weighted by atomic mass is 10.1. The molecule has 142 valence electrons. The number of nitrogens with one attached hydrogen (secondary N) is 1. The first-order valence-corrected chi connectivity index (χ1v) is 9.07. The number of likely N-dealkylation sites (tertiary alicyclic amines) is 1. The molecule has 0 aromatic heterocycles. The van der Waals surface area contributed by atoms with Gasteiger partial charge in [0, 0.05) is 25.1 Å². The van der Waals surface area contributed by atoms with E-state index >= 15 is 0 Å². The van der Waals surface area contributed by atoms with Crippen molar-refractivity contribution in [2.45, 2.75) is 19.4 Å². The first-order chi connectivity index (χ1) is 13.2. The fraction of sp³-hybridized carbons (Fsp3) is 0.333. The van der Waals surface area contributed by atoms with Crippen LogP contribution >= 0.6 is 0 Å². The van der Waals surface area contributed by atoms with Gasteiger partial charge in [0.15, 0.2) is 0 Å². The van der Waals surface area contributed by atoms with Crippen LogP contribution in [0.25, 0.3) is 0 Å². The Labute approximate surface area is 159 Å². The van der Waals surface area contributed by atoms with Crippen LogP contribution in [0.15, 0.2) is 48.5 Å². The molecular weight excluding hydrogens is 344 g/mol. The summed E-state index contributed by atoms with van der Waals surface area (Å²) in [5, 5.41) is 2.85. The van der Waals surface area contributed by atoms with Crippen LogP contribution in [0.3, 0.4) is 0 Å². The van der Waals surface area contributed by atoms with Crippen LogP contribution in [0.4, 0.5) is 0 Å². The highest BCUT2D eigenvalue weighted by atomic mass is 16.5. The molecule has 3 rings (SSSR count). The number of methoxy groups -OCH3 is 1. The number of hydrogen-bond donors (Lipinski definition) is 1. The Balaban J connectivity index is 1.46. The topological polar surface area (TPSA) is 67.9 Å². The van der Waals surface area contributed by atoms with E-state index in [0.29, 0.717) is 31.7 Å². The Hall–Kier alpha value is -3.02. The normalized spacial score (nSPS) is 13.5. The molecule has 0 spiro atoms. The van der Waals surface area contributed by atoms with Gasteiger partial charge in [0.25, 0.3) is 5.91 Å². The number of nitrogens with zero attached hydrogens (tertiary/aromatic N) is 1. The standard InChI is InChI=1S/C21H24N2O4/c1-26-18-7-9-19(10-8-18)27-13-11-22-21(25)17-5-2-4-16(14-17)15-23-12-3-6-20(23)24/h2,4-5,7-10,14H,3,6,11-13,15H2,1H3,(H,22,25). The van der Waals surface area contributed by atoms with E-state index in [1.54, 1.807) is 13.2 Å². The molecule has 0 bridgehead atoms. The molecule has 2 aromatic rings. The second-order valence-electron chi connectivity index (χ2n) is 6.40. The van der Waals surface area contributed by atoms with Gasteiger partial charge < -0.3 is 19.7 Å². The van der Waals surface area contributed by atoms with E-state index in [4.69, 9.17) is 9.47 Å². The zero-order valence-electron chi connectivity index (χ0n) is 15.4. The van der Waals surface area contributed by atoms with E-state index in [0.717, 1.165) is 30.0 Å². The molecule has 1 heterocycles. The van der Waals surface area contributed by atoms with Gasteiger partial charge in [-0.25, -0.2) is 0 Å². The van der Waals surface area contributed by atoms with Crippen molar-refractivity contribution in [3.8, 4) is 11.5 Å². The molecule has 1 fully saturated rings. The third kappa shape index (κ3) is 5.23. The van der Waals surface area contributed by atoms with Crippen LogP contribution in [-0.2, 0) is 11.3 Å². The quantitative estimate of drug-likeness (QED) is 0.728. The van der Waals surface area contributed by atoms with E-state index < -0.39 is 0 Å². The van der Waals surface area contributed by atoms with Gasteiger partial charge in [-0.2, -0.15) is 0 Å². The summed E-state index contributed by atoms with van der Waals surface area (Å²) in [4.78, 5) is 25.9. The molecular formula is C21H24N2O4. The molecule has 1 aliphatic rings. The number of ether oxygens (including phenoxy) is 2. The first kappa shape index (κ1) is 18.8. The predicted molar refractivity (Wildman–Crippen MR) is 102 cm³/mol. The number of carbonyl (C=O) groups excluding carboxylic acids is 2. The summed E-state index contributed by atoms with van der Waals surface area (Å²) in [6, 6.07) is 14.7. The van der Waals surface area contributed by atoms with Crippen molar-refractivity contribution in [3.63, 3.8) is 0 Å². The Bertz CT molecular complexity index is 789. The van der Waals surface area contributed by atoms with Gasteiger partial charge in [-0.1, -0.05) is 12.1 Å². The van der Waals surface area contributed by atoms with E-state index in [9.17, 15) is 9.59 Å². The minimum Gasteiger partial charge on any atom is -0.497 e. The smallest absolute Gasteiger partial charge is 0.251 e. The van der Waals surface area contributed by atoms with E-state index in [1.165, 1.54) is 0 Å². The van der Waals surface area contributed by atoms with Gasteiger partial charge in [-0.15, -0.1) is 0 Å². The van der Waals surface area contributed by atoms with Crippen molar-refractivity contribution in [2.75, 3.05) is 26.8 Å². The zero-order valence-corrected chi connectivity index (χ0v) is 15.4. The van der Waals surface area contributed by atoms with Gasteiger partial charge in [0.2, 0.25) is 5.91 Å². The maximum atomic E-state index is 12.3. The second-order valence-corrected chi connectivity index (χ2v) is 6.40. The maximum Gasteiger partial charge on any atom is 0.251 e. The molecule has 0 atom stereocenters. The Morgan fingerprint density at radius 3 is 2.63 bits per heavy atom. The van der Waals surface area contributed by atoms with E-state index in [-0.39, 0.29) is 11.8 Å². The van der Waals surface area contributed by atoms with Crippen LogP contribution in [0.2, 0.25) is 0 Å². The summed E-state index contributed by atoms with van der Waals surface area (Å²) >= 11 is 0. The lowest BCUT2D eigenvalue weighted by Gasteiger charge is -2.16. The molecule has 0 unspecified atom stereocenters. The van der Waals surface area contributed by atoms with Gasteiger partial charge >= 0.3 is 0 Å². The lowest BCUT2D eigenvalue weighted by Crippen LogP contribution is -2.28. The largest absolute Gasteiger partial charge is 0.497 e. The van der Waals surface area contributed by atoms with Gasteiger partial charge in [-0.3, -0.25) is 9.59 Å². The van der Waals surface area contributed by atoms with Crippen LogP contribution in [-0.4, -0.2) is 43.5 Å². The molecule has 6 heteroatoms. The summed E-state index contributed by atoms with van der Waals surface area (Å²) in [6.07, 6.45) is 1.53. The number of hydrogen-bond acceptors (Lipinski definition) is 4. The molecule has 1 N–H and O–H groups in total. The van der Waals surface area contributed by atoms with Crippen molar-refractivity contribution in [2.24, 2.45) is 0 Å². The fourth-order valence-corrected chi connectivity index (χ4v) is 3.01. The van der Waals surface area contributed by atoms with Gasteiger partial charge in [0.1, 0.15) is 18.1 Å². The molecule has 6 nitrogen and oxygen atoms in total. The van der Waals surface area contributed by atoms with Crippen LogP contribution in [0.5, 0.6) is 11.5 Å². The minimum atomic E-state index is -0.150. The maximum absolute atomic E-state index is 12.3. The van der Waals surface area contributed by atoms with E-state index in [1.807, 2.05) is 47.4 Å². The van der Waals surface area contributed by atoms with Crippen molar-refractivity contribution in [1.82, 2.24) is 10.2 Å². The summed E-state index contributed by atoms with van der Waals surface area (Å²) in [6.45, 7) is 2.12. The monoisotopic (exact) mass is 368 g/mol. The fourth-order valence-electron chi connectivity index (χ4n) is 3.01. The average Bonchev–Trinajstić information content (AvgIpc) is 3.10. The third-order valence-corrected chi connectivity index (χ3v) is 4.45. The molecule has 0 saturated carbocycles. The number of carbonyl (C=O) groups is 2. The second kappa shape index (κ2) is 9.07. The van der Waals surface area contributed by atoms with Crippen molar-refractivity contribution in [1.29, 1.82) is 0 Å². The Morgan fingerprint density at radius 2 is 1.93 bits per heavy atom. The number of benzene rings is 2. The molecule has 2 amide bonds. The van der Waals surface area contributed by atoms with Crippen LogP contribution in [0.1, 0.15) is 28.8 Å². The van der Waals surface area contributed by atoms with Crippen LogP contribution in [0, 0.1) is 0 Å². The highest BCUT2D eigenvalue weighted by Crippen LogP contribution is 2.17. The number of rotatable bonds is 8. The highest BCUT2D eigenvalue weighted by Gasteiger charge is 2.20. The van der Waals surface area contributed by atoms with Crippen molar-refractivity contribution >= 4 is 11.8 Å². The average molecular weight is 368 g/mol. The molecule has 0 radical (unpaired) electrons. The SMILES string of the molecule is COc1ccc(OCCNC(=O)c2cccc(CN3CCCC3=O)c2)cc1. The highest BCUT2D eigenvalue weighted by molar-refractivity contribution is 5.94. The van der Waals surface area contributed by atoms with Crippen molar-refractivity contribution < 1.29 is 19.1 Å². The number of amides is 2. The van der Waals surface area contributed by atoms with Gasteiger partial charge in [0.05, 0.1) is 13.7 Å². The van der Waals surface area contributed by atoms with Gasteiger partial charge in [-0.05, 0) is 48.4 Å². The first-order valence-electron chi connectivity index (χ1n) is 9.07. The molecule has 0 aliphatic carbocycles. The summed E-state index contributed by atoms with van der Waals surface area (Å²) in [7, 11) is 1.61.